The molecular formula is C17H20N8. The summed E-state index contributed by atoms with van der Waals surface area (Å²) in [6.07, 6.45) is 7.42. The minimum absolute atomic E-state index is 0.695. The lowest BCUT2D eigenvalue weighted by Crippen LogP contribution is -2.09. The normalized spacial score (nSPS) is 11.4. The van der Waals surface area contributed by atoms with Crippen molar-refractivity contribution in [3.63, 3.8) is 0 Å². The highest BCUT2D eigenvalue weighted by atomic mass is 15.3. The highest BCUT2D eigenvalue weighted by molar-refractivity contribution is 5.84. The van der Waals surface area contributed by atoms with Gasteiger partial charge in [0.15, 0.2) is 5.82 Å². The number of fused-ring (bicyclic) bond motifs is 3. The molecule has 0 aliphatic rings. The summed E-state index contributed by atoms with van der Waals surface area (Å²) in [5, 5.41) is 11.9. The minimum Gasteiger partial charge on any atom is -0.367 e. The second-order valence-corrected chi connectivity index (χ2v) is 5.93. The van der Waals surface area contributed by atoms with Crippen molar-refractivity contribution in [3.05, 3.63) is 42.7 Å². The van der Waals surface area contributed by atoms with Gasteiger partial charge in [-0.15, -0.1) is 10.2 Å². The Kier molecular flexibility index (Phi) is 4.02. The summed E-state index contributed by atoms with van der Waals surface area (Å²) >= 11 is 0. The molecule has 0 saturated heterocycles. The van der Waals surface area contributed by atoms with E-state index in [9.17, 15) is 0 Å². The molecule has 3 heterocycles. The number of hydrogen-bond donors (Lipinski definition) is 2. The van der Waals surface area contributed by atoms with Crippen LogP contribution in [0.4, 0.5) is 5.82 Å². The van der Waals surface area contributed by atoms with Crippen molar-refractivity contribution in [2.75, 3.05) is 18.4 Å². The Balaban J connectivity index is 1.82. The third-order valence-electron chi connectivity index (χ3n) is 4.19. The van der Waals surface area contributed by atoms with Crippen LogP contribution in [0.1, 0.15) is 18.7 Å². The number of nitrogens with one attached hydrogen (secondary N) is 1. The van der Waals surface area contributed by atoms with Crippen molar-refractivity contribution in [1.82, 2.24) is 29.1 Å². The van der Waals surface area contributed by atoms with E-state index >= 15 is 0 Å². The Morgan fingerprint density at radius 1 is 1.20 bits per heavy atom. The number of aryl methyl sites for hydroxylation is 1. The Labute approximate surface area is 144 Å². The summed E-state index contributed by atoms with van der Waals surface area (Å²) in [7, 11) is 0. The van der Waals surface area contributed by atoms with Crippen molar-refractivity contribution in [2.45, 2.75) is 19.8 Å². The largest absolute Gasteiger partial charge is 0.367 e. The van der Waals surface area contributed by atoms with E-state index in [2.05, 4.69) is 20.5 Å². The van der Waals surface area contributed by atoms with Gasteiger partial charge in [0.25, 0.3) is 0 Å². The molecule has 1 aromatic carbocycles. The third-order valence-corrected chi connectivity index (χ3v) is 4.19. The summed E-state index contributed by atoms with van der Waals surface area (Å²) in [6.45, 7) is 3.44. The molecule has 0 bridgehead atoms. The number of imidazole rings is 1. The maximum Gasteiger partial charge on any atom is 0.204 e. The van der Waals surface area contributed by atoms with Crippen LogP contribution in [-0.2, 0) is 0 Å². The number of hydrogen-bond acceptors (Lipinski definition) is 6. The summed E-state index contributed by atoms with van der Waals surface area (Å²) in [5.41, 5.74) is 9.17. The molecule has 8 nitrogen and oxygen atoms in total. The van der Waals surface area contributed by atoms with Gasteiger partial charge < -0.3 is 15.6 Å². The number of aromatic nitrogens is 6. The van der Waals surface area contributed by atoms with Crippen molar-refractivity contribution < 1.29 is 0 Å². The van der Waals surface area contributed by atoms with E-state index in [1.165, 1.54) is 0 Å². The van der Waals surface area contributed by atoms with Gasteiger partial charge >= 0.3 is 0 Å². The van der Waals surface area contributed by atoms with E-state index in [0.29, 0.717) is 6.54 Å². The van der Waals surface area contributed by atoms with Crippen LogP contribution in [0.3, 0.4) is 0 Å². The molecule has 0 aliphatic carbocycles. The van der Waals surface area contributed by atoms with Crippen LogP contribution in [-0.4, -0.2) is 42.2 Å². The summed E-state index contributed by atoms with van der Waals surface area (Å²) in [6, 6.07) is 6.12. The molecule has 0 spiro atoms. The molecule has 25 heavy (non-hydrogen) atoms. The van der Waals surface area contributed by atoms with Gasteiger partial charge in [0.05, 0.1) is 17.4 Å². The second kappa shape index (κ2) is 6.48. The third kappa shape index (κ3) is 2.80. The molecule has 0 unspecified atom stereocenters. The smallest absolute Gasteiger partial charge is 0.204 e. The molecule has 0 radical (unpaired) electrons. The van der Waals surface area contributed by atoms with Crippen LogP contribution in [0.25, 0.3) is 22.4 Å². The minimum atomic E-state index is 0.695. The lowest BCUT2D eigenvalue weighted by Gasteiger charge is -2.11. The Morgan fingerprint density at radius 3 is 2.92 bits per heavy atom. The molecule has 0 atom stereocenters. The van der Waals surface area contributed by atoms with Crippen LogP contribution in [0, 0.1) is 6.92 Å². The monoisotopic (exact) mass is 336 g/mol. The average molecular weight is 336 g/mol. The predicted octanol–water partition coefficient (Wildman–Crippen LogP) is 1.92. The van der Waals surface area contributed by atoms with Gasteiger partial charge in [-0.25, -0.2) is 9.97 Å². The molecule has 0 fully saturated rings. The fourth-order valence-corrected chi connectivity index (χ4v) is 2.93. The molecule has 3 N–H and O–H groups in total. The maximum absolute atomic E-state index is 5.56. The molecule has 128 valence electrons. The summed E-state index contributed by atoms with van der Waals surface area (Å²) in [4.78, 5) is 8.89. The number of unbranched alkanes of at least 4 members (excludes halogenated alkanes) is 1. The van der Waals surface area contributed by atoms with Gasteiger partial charge in [-0.05, 0) is 44.5 Å². The van der Waals surface area contributed by atoms with E-state index < -0.39 is 0 Å². The SMILES string of the molecule is Cc1nnc2c(NCCCCN)nc3cc(-n4ccnc4)ccc3n12. The highest BCUT2D eigenvalue weighted by Gasteiger charge is 2.13. The van der Waals surface area contributed by atoms with E-state index in [1.54, 1.807) is 12.5 Å². The molecule has 4 rings (SSSR count). The van der Waals surface area contributed by atoms with E-state index in [1.807, 2.05) is 40.3 Å². The summed E-state index contributed by atoms with van der Waals surface area (Å²) in [5.74, 6) is 1.58. The molecular weight excluding hydrogens is 316 g/mol. The molecule has 3 aromatic heterocycles. The number of nitrogens with zero attached hydrogens (tertiary/aromatic N) is 6. The Bertz CT molecular complexity index is 1000. The fourth-order valence-electron chi connectivity index (χ4n) is 2.93. The van der Waals surface area contributed by atoms with Gasteiger partial charge in [0, 0.05) is 24.6 Å². The highest BCUT2D eigenvalue weighted by Crippen LogP contribution is 2.23. The molecule has 0 amide bonds. The van der Waals surface area contributed by atoms with Gasteiger partial charge in [0.2, 0.25) is 5.65 Å². The predicted molar refractivity (Wildman–Crippen MR) is 96.9 cm³/mol. The quantitative estimate of drug-likeness (QED) is 0.522. The topological polar surface area (TPSA) is 99.0 Å². The first kappa shape index (κ1) is 15.5. The van der Waals surface area contributed by atoms with Gasteiger partial charge in [-0.3, -0.25) is 4.40 Å². The van der Waals surface area contributed by atoms with Gasteiger partial charge in [-0.1, -0.05) is 0 Å². The van der Waals surface area contributed by atoms with Crippen LogP contribution in [0.2, 0.25) is 0 Å². The Morgan fingerprint density at radius 2 is 2.12 bits per heavy atom. The maximum atomic E-state index is 5.56. The average Bonchev–Trinajstić information content (AvgIpc) is 3.28. The van der Waals surface area contributed by atoms with Crippen molar-refractivity contribution in [1.29, 1.82) is 0 Å². The van der Waals surface area contributed by atoms with E-state index in [0.717, 1.165) is 53.4 Å². The lowest BCUT2D eigenvalue weighted by molar-refractivity contribution is 0.772. The fraction of sp³-hybridized carbons (Fsp3) is 0.294. The first-order chi connectivity index (χ1) is 12.3. The number of anilines is 1. The standard InChI is InChI=1S/C17H20N8/c1-12-22-23-17-16(20-7-3-2-6-18)21-14-10-13(24-9-8-19-11-24)4-5-15(14)25(12)17/h4-5,8-11H,2-3,6-7,18H2,1H3,(H,20,21). The first-order valence-electron chi connectivity index (χ1n) is 8.35. The first-order valence-corrected chi connectivity index (χ1v) is 8.35. The van der Waals surface area contributed by atoms with Crippen molar-refractivity contribution in [3.8, 4) is 5.69 Å². The van der Waals surface area contributed by atoms with E-state index in [4.69, 9.17) is 10.7 Å². The van der Waals surface area contributed by atoms with Gasteiger partial charge in [0.1, 0.15) is 5.82 Å². The van der Waals surface area contributed by atoms with Crippen LogP contribution >= 0.6 is 0 Å². The van der Waals surface area contributed by atoms with Crippen molar-refractivity contribution >= 4 is 22.5 Å². The van der Waals surface area contributed by atoms with Crippen LogP contribution < -0.4 is 11.1 Å². The second-order valence-electron chi connectivity index (χ2n) is 5.93. The molecule has 0 saturated carbocycles. The van der Waals surface area contributed by atoms with Crippen LogP contribution in [0.5, 0.6) is 0 Å². The van der Waals surface area contributed by atoms with Gasteiger partial charge in [-0.2, -0.15) is 0 Å². The molecule has 8 heteroatoms. The van der Waals surface area contributed by atoms with E-state index in [-0.39, 0.29) is 0 Å². The van der Waals surface area contributed by atoms with Crippen molar-refractivity contribution in [2.24, 2.45) is 5.73 Å². The number of rotatable bonds is 6. The zero-order chi connectivity index (χ0) is 17.2. The molecule has 4 aromatic rings. The number of benzene rings is 1. The zero-order valence-electron chi connectivity index (χ0n) is 14.1. The summed E-state index contributed by atoms with van der Waals surface area (Å²) < 4.78 is 3.99. The lowest BCUT2D eigenvalue weighted by atomic mass is 10.2. The molecule has 0 aliphatic heterocycles. The number of nitrogens with two attached hydrogens (primary N) is 1. The zero-order valence-corrected chi connectivity index (χ0v) is 14.1. The van der Waals surface area contributed by atoms with Crippen LogP contribution in [0.15, 0.2) is 36.9 Å². The Hall–Kier alpha value is -3.00.